The third kappa shape index (κ3) is 4.23. The maximum atomic E-state index is 6.03. The van der Waals surface area contributed by atoms with E-state index in [1.165, 1.54) is 0 Å². The summed E-state index contributed by atoms with van der Waals surface area (Å²) in [5.74, 6) is 1.58. The van der Waals surface area contributed by atoms with Gasteiger partial charge in [-0.1, -0.05) is 40.5 Å². The van der Waals surface area contributed by atoms with Crippen molar-refractivity contribution in [3.05, 3.63) is 57.5 Å². The smallest absolute Gasteiger partial charge is 0.133 e. The van der Waals surface area contributed by atoms with E-state index in [0.717, 1.165) is 34.6 Å². The minimum Gasteiger partial charge on any atom is -0.457 e. The molecule has 0 unspecified atom stereocenters. The van der Waals surface area contributed by atoms with Crippen molar-refractivity contribution in [3.8, 4) is 11.5 Å². The van der Waals surface area contributed by atoms with Crippen LogP contribution in [0.1, 0.15) is 12.5 Å². The van der Waals surface area contributed by atoms with E-state index < -0.39 is 0 Å². The molecule has 2 aromatic rings. The molecule has 0 aliphatic carbocycles. The Bertz CT molecular complexity index is 542. The fourth-order valence-corrected chi connectivity index (χ4v) is 2.09. The van der Waals surface area contributed by atoms with Crippen molar-refractivity contribution in [2.24, 2.45) is 0 Å². The Morgan fingerprint density at radius 2 is 1.89 bits per heavy atom. The van der Waals surface area contributed by atoms with Gasteiger partial charge in [0.15, 0.2) is 0 Å². The molecule has 100 valence electrons. The number of hydrogen-bond donors (Lipinski definition) is 1. The van der Waals surface area contributed by atoms with Crippen LogP contribution in [0.15, 0.2) is 46.9 Å². The number of halogens is 2. The normalized spacial score (nSPS) is 10.5. The van der Waals surface area contributed by atoms with Gasteiger partial charge in [0.1, 0.15) is 11.5 Å². The molecule has 0 amide bonds. The van der Waals surface area contributed by atoms with Crippen LogP contribution in [0.5, 0.6) is 11.5 Å². The molecule has 0 fully saturated rings. The van der Waals surface area contributed by atoms with Crippen LogP contribution < -0.4 is 10.1 Å². The Hall–Kier alpha value is -1.03. The highest BCUT2D eigenvalue weighted by molar-refractivity contribution is 9.10. The molecular formula is C15H15BrClNO. The molecule has 0 aliphatic heterocycles. The van der Waals surface area contributed by atoms with Crippen LogP contribution in [0.2, 0.25) is 5.02 Å². The van der Waals surface area contributed by atoms with Crippen LogP contribution in [0.3, 0.4) is 0 Å². The largest absolute Gasteiger partial charge is 0.457 e. The summed E-state index contributed by atoms with van der Waals surface area (Å²) in [4.78, 5) is 0. The standard InChI is InChI=1S/C15H15BrClNO/c1-2-18-10-11-3-6-13(17)9-15(11)19-14-7-4-12(16)5-8-14/h3-9,18H,2,10H2,1H3. The molecule has 0 heterocycles. The van der Waals surface area contributed by atoms with Crippen molar-refractivity contribution in [3.63, 3.8) is 0 Å². The first kappa shape index (κ1) is 14.4. The van der Waals surface area contributed by atoms with Gasteiger partial charge < -0.3 is 10.1 Å². The second-order valence-electron chi connectivity index (χ2n) is 4.09. The Labute approximate surface area is 126 Å². The average Bonchev–Trinajstić information content (AvgIpc) is 2.40. The minimum absolute atomic E-state index is 0.673. The number of ether oxygens (including phenoxy) is 1. The molecule has 0 spiro atoms. The minimum atomic E-state index is 0.673. The van der Waals surface area contributed by atoms with E-state index in [1.54, 1.807) is 0 Å². The van der Waals surface area contributed by atoms with Crippen LogP contribution in [0.4, 0.5) is 0 Å². The van der Waals surface area contributed by atoms with Crippen molar-refractivity contribution < 1.29 is 4.74 Å². The van der Waals surface area contributed by atoms with E-state index in [2.05, 4.69) is 28.2 Å². The Balaban J connectivity index is 2.22. The molecule has 0 saturated heterocycles. The van der Waals surface area contributed by atoms with Crippen LogP contribution in [-0.4, -0.2) is 6.54 Å². The maximum absolute atomic E-state index is 6.03. The molecule has 2 aromatic carbocycles. The van der Waals surface area contributed by atoms with Gasteiger partial charge in [-0.05, 0) is 42.9 Å². The predicted octanol–water partition coefficient (Wildman–Crippen LogP) is 5.00. The molecule has 2 nitrogen and oxygen atoms in total. The van der Waals surface area contributed by atoms with Crippen LogP contribution in [-0.2, 0) is 6.54 Å². The number of nitrogens with one attached hydrogen (secondary N) is 1. The second kappa shape index (κ2) is 6.94. The predicted molar refractivity (Wildman–Crippen MR) is 83.0 cm³/mol. The molecule has 1 N–H and O–H groups in total. The van der Waals surface area contributed by atoms with Crippen LogP contribution >= 0.6 is 27.5 Å². The zero-order valence-electron chi connectivity index (χ0n) is 10.6. The molecule has 2 rings (SSSR count). The van der Waals surface area contributed by atoms with E-state index in [-0.39, 0.29) is 0 Å². The van der Waals surface area contributed by atoms with E-state index >= 15 is 0 Å². The lowest BCUT2D eigenvalue weighted by Crippen LogP contribution is -2.12. The summed E-state index contributed by atoms with van der Waals surface area (Å²) in [6, 6.07) is 13.4. The van der Waals surface area contributed by atoms with Crippen LogP contribution in [0, 0.1) is 0 Å². The summed E-state index contributed by atoms with van der Waals surface area (Å²) in [5.41, 5.74) is 1.09. The van der Waals surface area contributed by atoms with Gasteiger partial charge in [0, 0.05) is 21.6 Å². The molecular weight excluding hydrogens is 326 g/mol. The average molecular weight is 341 g/mol. The molecule has 19 heavy (non-hydrogen) atoms. The van der Waals surface area contributed by atoms with E-state index in [1.807, 2.05) is 42.5 Å². The quantitative estimate of drug-likeness (QED) is 0.826. The van der Waals surface area contributed by atoms with Gasteiger partial charge in [-0.2, -0.15) is 0 Å². The number of benzene rings is 2. The van der Waals surface area contributed by atoms with Crippen molar-refractivity contribution in [2.75, 3.05) is 6.54 Å². The Morgan fingerprint density at radius 1 is 1.16 bits per heavy atom. The first-order valence-electron chi connectivity index (χ1n) is 6.11. The second-order valence-corrected chi connectivity index (χ2v) is 5.44. The van der Waals surface area contributed by atoms with Gasteiger partial charge >= 0.3 is 0 Å². The third-order valence-electron chi connectivity index (χ3n) is 2.64. The van der Waals surface area contributed by atoms with Crippen molar-refractivity contribution >= 4 is 27.5 Å². The van der Waals surface area contributed by atoms with Gasteiger partial charge in [-0.25, -0.2) is 0 Å². The summed E-state index contributed by atoms with van der Waals surface area (Å²) in [7, 11) is 0. The fourth-order valence-electron chi connectivity index (χ4n) is 1.66. The Kier molecular flexibility index (Phi) is 5.25. The number of hydrogen-bond acceptors (Lipinski definition) is 2. The third-order valence-corrected chi connectivity index (χ3v) is 3.40. The van der Waals surface area contributed by atoms with Crippen molar-refractivity contribution in [1.82, 2.24) is 5.32 Å². The molecule has 0 bridgehead atoms. The molecule has 0 aliphatic rings. The molecule has 0 atom stereocenters. The lowest BCUT2D eigenvalue weighted by atomic mass is 10.2. The van der Waals surface area contributed by atoms with Crippen LogP contribution in [0.25, 0.3) is 0 Å². The van der Waals surface area contributed by atoms with Gasteiger partial charge in [0.2, 0.25) is 0 Å². The summed E-state index contributed by atoms with van der Waals surface area (Å²) in [5, 5.41) is 3.96. The first-order valence-corrected chi connectivity index (χ1v) is 7.28. The zero-order valence-corrected chi connectivity index (χ0v) is 13.0. The summed E-state index contributed by atoms with van der Waals surface area (Å²) in [6.45, 7) is 3.76. The van der Waals surface area contributed by atoms with Gasteiger partial charge in [-0.15, -0.1) is 0 Å². The zero-order chi connectivity index (χ0) is 13.7. The molecule has 0 saturated carbocycles. The monoisotopic (exact) mass is 339 g/mol. The molecule has 0 radical (unpaired) electrons. The highest BCUT2D eigenvalue weighted by Crippen LogP contribution is 2.29. The van der Waals surface area contributed by atoms with E-state index in [9.17, 15) is 0 Å². The van der Waals surface area contributed by atoms with Gasteiger partial charge in [0.25, 0.3) is 0 Å². The first-order chi connectivity index (χ1) is 9.19. The van der Waals surface area contributed by atoms with E-state index in [4.69, 9.17) is 16.3 Å². The summed E-state index contributed by atoms with van der Waals surface area (Å²) in [6.07, 6.45) is 0. The lowest BCUT2D eigenvalue weighted by molar-refractivity contribution is 0.473. The highest BCUT2D eigenvalue weighted by Gasteiger charge is 2.06. The van der Waals surface area contributed by atoms with Gasteiger partial charge in [-0.3, -0.25) is 0 Å². The van der Waals surface area contributed by atoms with Crippen molar-refractivity contribution in [1.29, 1.82) is 0 Å². The summed E-state index contributed by atoms with van der Waals surface area (Å²) >= 11 is 9.44. The van der Waals surface area contributed by atoms with Gasteiger partial charge in [0.05, 0.1) is 0 Å². The maximum Gasteiger partial charge on any atom is 0.133 e. The topological polar surface area (TPSA) is 21.3 Å². The SMILES string of the molecule is CCNCc1ccc(Cl)cc1Oc1ccc(Br)cc1. The number of rotatable bonds is 5. The highest BCUT2D eigenvalue weighted by atomic mass is 79.9. The molecule has 0 aromatic heterocycles. The summed E-state index contributed by atoms with van der Waals surface area (Å²) < 4.78 is 6.92. The fraction of sp³-hybridized carbons (Fsp3) is 0.200. The lowest BCUT2D eigenvalue weighted by Gasteiger charge is -2.12. The molecule has 4 heteroatoms. The Morgan fingerprint density at radius 3 is 2.58 bits per heavy atom. The van der Waals surface area contributed by atoms with Crippen molar-refractivity contribution in [2.45, 2.75) is 13.5 Å². The van der Waals surface area contributed by atoms with E-state index in [0.29, 0.717) is 5.02 Å².